The minimum absolute atomic E-state index is 0.211. The van der Waals surface area contributed by atoms with Crippen LogP contribution in [0.4, 0.5) is 10.7 Å². The number of pyridine rings is 1. The molecule has 1 amide bonds. The summed E-state index contributed by atoms with van der Waals surface area (Å²) >= 11 is 0. The molecular formula is C16H23N5O2. The van der Waals surface area contributed by atoms with Crippen LogP contribution in [0.2, 0.25) is 0 Å². The molecule has 3 rings (SSSR count). The first-order valence-electron chi connectivity index (χ1n) is 7.85. The average molecular weight is 317 g/mol. The van der Waals surface area contributed by atoms with E-state index < -0.39 is 5.60 Å². The predicted octanol–water partition coefficient (Wildman–Crippen LogP) is 2.40. The van der Waals surface area contributed by atoms with Crippen molar-refractivity contribution in [2.24, 2.45) is 0 Å². The number of likely N-dealkylation sites (tertiary alicyclic amines) is 1. The van der Waals surface area contributed by atoms with Gasteiger partial charge in [0.1, 0.15) is 5.60 Å². The second-order valence-corrected chi connectivity index (χ2v) is 6.91. The number of carbonyl (C=O) groups is 1. The van der Waals surface area contributed by atoms with Crippen molar-refractivity contribution in [2.75, 3.05) is 25.0 Å². The van der Waals surface area contributed by atoms with Crippen LogP contribution in [0.3, 0.4) is 0 Å². The Morgan fingerprint density at radius 2 is 2.26 bits per heavy atom. The highest BCUT2D eigenvalue weighted by Gasteiger charge is 2.32. The SMILES string of the molecule is CN(c1nc2ncccc2[nH]1)[C@H]1CCN(C(=O)OC(C)(C)C)C1. The van der Waals surface area contributed by atoms with E-state index >= 15 is 0 Å². The Labute approximate surface area is 135 Å². The number of rotatable bonds is 2. The molecule has 0 aliphatic carbocycles. The fraction of sp³-hybridized carbons (Fsp3) is 0.562. The van der Waals surface area contributed by atoms with Crippen molar-refractivity contribution in [3.8, 4) is 0 Å². The van der Waals surface area contributed by atoms with E-state index in [-0.39, 0.29) is 12.1 Å². The highest BCUT2D eigenvalue weighted by molar-refractivity contribution is 5.73. The smallest absolute Gasteiger partial charge is 0.410 e. The molecule has 1 fully saturated rings. The number of nitrogens with zero attached hydrogens (tertiary/aromatic N) is 4. The summed E-state index contributed by atoms with van der Waals surface area (Å²) in [5, 5.41) is 0. The van der Waals surface area contributed by atoms with E-state index in [2.05, 4.69) is 19.9 Å². The van der Waals surface area contributed by atoms with Crippen LogP contribution in [-0.4, -0.2) is 57.7 Å². The fourth-order valence-corrected chi connectivity index (χ4v) is 2.72. The molecule has 7 nitrogen and oxygen atoms in total. The first-order chi connectivity index (χ1) is 10.8. The number of aromatic amines is 1. The van der Waals surface area contributed by atoms with Gasteiger partial charge in [0.25, 0.3) is 0 Å². The maximum Gasteiger partial charge on any atom is 0.410 e. The van der Waals surface area contributed by atoms with Crippen molar-refractivity contribution < 1.29 is 9.53 Å². The Hall–Kier alpha value is -2.31. The van der Waals surface area contributed by atoms with Crippen LogP contribution in [0.15, 0.2) is 18.3 Å². The van der Waals surface area contributed by atoms with Gasteiger partial charge in [-0.25, -0.2) is 9.78 Å². The van der Waals surface area contributed by atoms with E-state index in [9.17, 15) is 4.79 Å². The second-order valence-electron chi connectivity index (χ2n) is 6.91. The summed E-state index contributed by atoms with van der Waals surface area (Å²) in [5.41, 5.74) is 1.15. The van der Waals surface area contributed by atoms with Crippen molar-refractivity contribution in [2.45, 2.75) is 38.8 Å². The molecule has 1 atom stereocenters. The van der Waals surface area contributed by atoms with Gasteiger partial charge in [0.05, 0.1) is 11.6 Å². The maximum absolute atomic E-state index is 12.2. The van der Waals surface area contributed by atoms with Gasteiger partial charge in [-0.15, -0.1) is 0 Å². The van der Waals surface area contributed by atoms with E-state index in [4.69, 9.17) is 4.74 Å². The third-order valence-electron chi connectivity index (χ3n) is 3.94. The number of hydrogen-bond donors (Lipinski definition) is 1. The molecule has 0 aromatic carbocycles. The molecule has 23 heavy (non-hydrogen) atoms. The lowest BCUT2D eigenvalue weighted by Gasteiger charge is -2.26. The zero-order chi connectivity index (χ0) is 16.6. The van der Waals surface area contributed by atoms with E-state index in [0.29, 0.717) is 18.7 Å². The summed E-state index contributed by atoms with van der Waals surface area (Å²) in [5.74, 6) is 0.773. The Balaban J connectivity index is 1.67. The van der Waals surface area contributed by atoms with Crippen LogP contribution in [0.25, 0.3) is 11.2 Å². The van der Waals surface area contributed by atoms with E-state index in [1.807, 2.05) is 40.0 Å². The molecule has 7 heteroatoms. The first kappa shape index (κ1) is 15.6. The number of ether oxygens (including phenoxy) is 1. The van der Waals surface area contributed by atoms with Crippen LogP contribution < -0.4 is 4.90 Å². The van der Waals surface area contributed by atoms with Gasteiger partial charge >= 0.3 is 6.09 Å². The molecule has 0 saturated carbocycles. The van der Waals surface area contributed by atoms with Gasteiger partial charge < -0.3 is 19.5 Å². The minimum Gasteiger partial charge on any atom is -0.444 e. The average Bonchev–Trinajstić information content (AvgIpc) is 3.11. The maximum atomic E-state index is 12.2. The van der Waals surface area contributed by atoms with Gasteiger partial charge in [0.15, 0.2) is 5.65 Å². The number of amides is 1. The summed E-state index contributed by atoms with van der Waals surface area (Å²) in [7, 11) is 1.99. The van der Waals surface area contributed by atoms with Crippen LogP contribution in [-0.2, 0) is 4.74 Å². The normalized spacial score (nSPS) is 18.4. The predicted molar refractivity (Wildman–Crippen MR) is 88.5 cm³/mol. The summed E-state index contributed by atoms with van der Waals surface area (Å²) in [6, 6.07) is 4.04. The molecule has 2 aromatic rings. The summed E-state index contributed by atoms with van der Waals surface area (Å²) < 4.78 is 5.44. The molecule has 0 bridgehead atoms. The number of fused-ring (bicyclic) bond motifs is 1. The standard InChI is InChI=1S/C16H23N5O2/c1-16(2,3)23-15(22)21-9-7-11(10-21)20(4)14-18-12-6-5-8-17-13(12)19-14/h5-6,8,11H,7,9-10H2,1-4H3,(H,17,18,19)/t11-/m0/s1. The third kappa shape index (κ3) is 3.38. The lowest BCUT2D eigenvalue weighted by Crippen LogP contribution is -2.39. The van der Waals surface area contributed by atoms with Crippen LogP contribution in [0.1, 0.15) is 27.2 Å². The Morgan fingerprint density at radius 3 is 2.96 bits per heavy atom. The lowest BCUT2D eigenvalue weighted by atomic mass is 10.2. The van der Waals surface area contributed by atoms with Crippen LogP contribution in [0, 0.1) is 0 Å². The molecule has 124 valence electrons. The zero-order valence-corrected chi connectivity index (χ0v) is 14.0. The van der Waals surface area contributed by atoms with Gasteiger partial charge in [0, 0.05) is 26.3 Å². The Bertz CT molecular complexity index is 673. The van der Waals surface area contributed by atoms with Crippen molar-refractivity contribution in [1.29, 1.82) is 0 Å². The number of likely N-dealkylation sites (N-methyl/N-ethyl adjacent to an activating group) is 1. The van der Waals surface area contributed by atoms with Crippen molar-refractivity contribution in [3.63, 3.8) is 0 Å². The molecule has 1 aliphatic rings. The molecule has 1 saturated heterocycles. The number of anilines is 1. The Morgan fingerprint density at radius 1 is 1.48 bits per heavy atom. The first-order valence-corrected chi connectivity index (χ1v) is 7.85. The van der Waals surface area contributed by atoms with Gasteiger partial charge in [-0.2, -0.15) is 4.98 Å². The van der Waals surface area contributed by atoms with E-state index in [1.54, 1.807) is 11.1 Å². The minimum atomic E-state index is -0.467. The number of H-pyrrole nitrogens is 1. The topological polar surface area (TPSA) is 74.4 Å². The number of hydrogen-bond acceptors (Lipinski definition) is 5. The van der Waals surface area contributed by atoms with Gasteiger partial charge in [-0.1, -0.05) is 0 Å². The Kier molecular flexibility index (Phi) is 3.87. The fourth-order valence-electron chi connectivity index (χ4n) is 2.72. The van der Waals surface area contributed by atoms with Gasteiger partial charge in [-0.3, -0.25) is 0 Å². The summed E-state index contributed by atoms with van der Waals surface area (Å²) in [6.45, 7) is 6.97. The van der Waals surface area contributed by atoms with E-state index in [1.165, 1.54) is 0 Å². The molecule has 0 spiro atoms. The van der Waals surface area contributed by atoms with Crippen molar-refractivity contribution in [1.82, 2.24) is 19.9 Å². The van der Waals surface area contributed by atoms with Gasteiger partial charge in [0.2, 0.25) is 5.95 Å². The van der Waals surface area contributed by atoms with Crippen LogP contribution >= 0.6 is 0 Å². The molecule has 2 aromatic heterocycles. The molecule has 1 N–H and O–H groups in total. The third-order valence-corrected chi connectivity index (χ3v) is 3.94. The van der Waals surface area contributed by atoms with Crippen molar-refractivity contribution >= 4 is 23.2 Å². The summed E-state index contributed by atoms with van der Waals surface area (Å²) in [6.07, 6.45) is 2.37. The van der Waals surface area contributed by atoms with Crippen molar-refractivity contribution in [3.05, 3.63) is 18.3 Å². The largest absolute Gasteiger partial charge is 0.444 e. The number of imidazole rings is 1. The number of carbonyl (C=O) groups excluding carboxylic acids is 1. The molecule has 0 radical (unpaired) electrons. The molecule has 1 aliphatic heterocycles. The highest BCUT2D eigenvalue weighted by Crippen LogP contribution is 2.22. The summed E-state index contributed by atoms with van der Waals surface area (Å²) in [4.78, 5) is 28.0. The molecule has 0 unspecified atom stereocenters. The highest BCUT2D eigenvalue weighted by atomic mass is 16.6. The van der Waals surface area contributed by atoms with E-state index in [0.717, 1.165) is 17.9 Å². The second kappa shape index (κ2) is 5.72. The molecular weight excluding hydrogens is 294 g/mol. The quantitative estimate of drug-likeness (QED) is 0.920. The number of nitrogens with one attached hydrogen (secondary N) is 1. The zero-order valence-electron chi connectivity index (χ0n) is 14.0. The monoisotopic (exact) mass is 317 g/mol. The lowest BCUT2D eigenvalue weighted by molar-refractivity contribution is 0.0292. The van der Waals surface area contributed by atoms with Gasteiger partial charge in [-0.05, 0) is 39.3 Å². The van der Waals surface area contributed by atoms with Crippen LogP contribution in [0.5, 0.6) is 0 Å². The molecule has 3 heterocycles. The number of aromatic nitrogens is 3.